The zero-order valence-corrected chi connectivity index (χ0v) is 20.4. The summed E-state index contributed by atoms with van der Waals surface area (Å²) in [6.45, 7) is 5.25. The van der Waals surface area contributed by atoms with Crippen LogP contribution in [0.4, 0.5) is 9.18 Å². The van der Waals surface area contributed by atoms with Crippen LogP contribution in [-0.2, 0) is 7.05 Å². The molecule has 2 aliphatic heterocycles. The third-order valence-electron chi connectivity index (χ3n) is 7.57. The van der Waals surface area contributed by atoms with Gasteiger partial charge in [-0.25, -0.2) is 18.9 Å². The molecule has 0 spiro atoms. The lowest BCUT2D eigenvalue weighted by Gasteiger charge is -2.32. The molecule has 0 saturated carbocycles. The average molecular weight is 488 g/mol. The summed E-state index contributed by atoms with van der Waals surface area (Å²) >= 11 is 0. The zero-order valence-electron chi connectivity index (χ0n) is 20.4. The summed E-state index contributed by atoms with van der Waals surface area (Å²) in [4.78, 5) is 20.6. The van der Waals surface area contributed by atoms with Crippen LogP contribution >= 0.6 is 0 Å². The second-order valence-corrected chi connectivity index (χ2v) is 9.70. The minimum Gasteiger partial charge on any atom is -0.336 e. The molecular weight excluding hydrogens is 457 g/mol. The number of fused-ring (bicyclic) bond motifs is 1. The highest BCUT2D eigenvalue weighted by molar-refractivity contribution is 5.89. The number of nitrogens with one attached hydrogen (secondary N) is 1. The van der Waals surface area contributed by atoms with E-state index in [-0.39, 0.29) is 11.8 Å². The molecule has 2 aromatic heterocycles. The van der Waals surface area contributed by atoms with Crippen LogP contribution in [-0.4, -0.2) is 74.4 Å². The lowest BCUT2D eigenvalue weighted by atomic mass is 9.89. The summed E-state index contributed by atoms with van der Waals surface area (Å²) in [6.07, 6.45) is 5.92. The first-order valence-electron chi connectivity index (χ1n) is 12.6. The van der Waals surface area contributed by atoms with E-state index in [1.807, 2.05) is 24.1 Å². The van der Waals surface area contributed by atoms with E-state index in [2.05, 4.69) is 49.3 Å². The summed E-state index contributed by atoms with van der Waals surface area (Å²) in [6, 6.07) is 13.1. The zero-order chi connectivity index (χ0) is 24.6. The Morgan fingerprint density at radius 3 is 2.56 bits per heavy atom. The largest absolute Gasteiger partial charge is 0.336 e. The van der Waals surface area contributed by atoms with Crippen molar-refractivity contribution in [2.24, 2.45) is 7.05 Å². The van der Waals surface area contributed by atoms with Gasteiger partial charge in [0.05, 0.1) is 5.52 Å². The molecule has 6 rings (SSSR count). The van der Waals surface area contributed by atoms with E-state index >= 15 is 0 Å². The Bertz CT molecular complexity index is 1390. The number of hydrogen-bond acceptors (Lipinski definition) is 4. The molecule has 2 amide bonds. The number of rotatable bonds is 6. The SMILES string of the molecule is Cn1ncnc1-c1ccc2c(c1)c(C1CCN(CCN3CCNC3=O)CC1)cn2-c1ccc(F)cc1. The molecule has 4 aromatic rings. The highest BCUT2D eigenvalue weighted by Crippen LogP contribution is 2.37. The first-order chi connectivity index (χ1) is 17.6. The molecule has 0 unspecified atom stereocenters. The second kappa shape index (κ2) is 9.39. The number of carbonyl (C=O) groups is 1. The third-order valence-corrected chi connectivity index (χ3v) is 7.57. The van der Waals surface area contributed by atoms with Crippen LogP contribution in [0.3, 0.4) is 0 Å². The highest BCUT2D eigenvalue weighted by atomic mass is 19.1. The molecule has 2 saturated heterocycles. The Balaban J connectivity index is 1.28. The number of benzene rings is 2. The Labute approximate surface area is 209 Å². The number of likely N-dealkylation sites (tertiary alicyclic amines) is 1. The fraction of sp³-hybridized carbons (Fsp3) is 0.370. The fourth-order valence-electron chi connectivity index (χ4n) is 5.55. The Hall–Kier alpha value is -3.72. The molecule has 0 aliphatic carbocycles. The van der Waals surface area contributed by atoms with Crippen molar-refractivity contribution in [2.75, 3.05) is 39.3 Å². The summed E-state index contributed by atoms with van der Waals surface area (Å²) in [7, 11) is 1.90. The van der Waals surface area contributed by atoms with E-state index < -0.39 is 0 Å². The Morgan fingerprint density at radius 1 is 1.06 bits per heavy atom. The monoisotopic (exact) mass is 487 g/mol. The van der Waals surface area contributed by atoms with Gasteiger partial charge in [-0.1, -0.05) is 0 Å². The van der Waals surface area contributed by atoms with Gasteiger partial charge in [0.1, 0.15) is 12.1 Å². The predicted molar refractivity (Wildman–Crippen MR) is 137 cm³/mol. The van der Waals surface area contributed by atoms with Crippen molar-refractivity contribution < 1.29 is 9.18 Å². The van der Waals surface area contributed by atoms with Crippen LogP contribution in [0.5, 0.6) is 0 Å². The first kappa shape index (κ1) is 22.7. The minimum atomic E-state index is -0.237. The van der Waals surface area contributed by atoms with Crippen molar-refractivity contribution in [3.05, 3.63) is 66.4 Å². The number of nitrogens with zero attached hydrogens (tertiary/aromatic N) is 6. The predicted octanol–water partition coefficient (Wildman–Crippen LogP) is 3.77. The lowest BCUT2D eigenvalue weighted by Crippen LogP contribution is -2.40. The molecule has 186 valence electrons. The van der Waals surface area contributed by atoms with Gasteiger partial charge in [0.25, 0.3) is 0 Å². The lowest BCUT2D eigenvalue weighted by molar-refractivity contribution is 0.181. The highest BCUT2D eigenvalue weighted by Gasteiger charge is 2.26. The van der Waals surface area contributed by atoms with Gasteiger partial charge in [-0.05, 0) is 79.9 Å². The van der Waals surface area contributed by atoms with Gasteiger partial charge in [-0.2, -0.15) is 5.10 Å². The molecule has 1 N–H and O–H groups in total. The number of amides is 2. The number of carbonyl (C=O) groups excluding carboxylic acids is 1. The van der Waals surface area contributed by atoms with Gasteiger partial charge in [-0.15, -0.1) is 0 Å². The maximum atomic E-state index is 13.6. The number of aryl methyl sites for hydroxylation is 1. The van der Waals surface area contributed by atoms with Crippen molar-refractivity contribution in [2.45, 2.75) is 18.8 Å². The smallest absolute Gasteiger partial charge is 0.317 e. The van der Waals surface area contributed by atoms with Crippen LogP contribution in [0.2, 0.25) is 0 Å². The van der Waals surface area contributed by atoms with Crippen LogP contribution < -0.4 is 5.32 Å². The van der Waals surface area contributed by atoms with Gasteiger partial charge >= 0.3 is 6.03 Å². The minimum absolute atomic E-state index is 0.0530. The topological polar surface area (TPSA) is 71.2 Å². The summed E-state index contributed by atoms with van der Waals surface area (Å²) < 4.78 is 17.6. The van der Waals surface area contributed by atoms with Crippen molar-refractivity contribution in [3.8, 4) is 17.1 Å². The molecule has 8 nitrogen and oxygen atoms in total. The van der Waals surface area contributed by atoms with E-state index in [1.54, 1.807) is 11.0 Å². The number of urea groups is 1. The summed E-state index contributed by atoms with van der Waals surface area (Å²) in [5.41, 5.74) is 4.39. The quantitative estimate of drug-likeness (QED) is 0.450. The molecule has 0 bridgehead atoms. The summed E-state index contributed by atoms with van der Waals surface area (Å²) in [5.74, 6) is 1.02. The summed E-state index contributed by atoms with van der Waals surface area (Å²) in [5, 5.41) is 8.31. The van der Waals surface area contributed by atoms with Crippen molar-refractivity contribution in [1.82, 2.24) is 34.4 Å². The third kappa shape index (κ3) is 4.24. The van der Waals surface area contributed by atoms with Gasteiger partial charge in [-0.3, -0.25) is 0 Å². The van der Waals surface area contributed by atoms with E-state index in [4.69, 9.17) is 0 Å². The molecule has 0 atom stereocenters. The van der Waals surface area contributed by atoms with Gasteiger partial charge in [0.15, 0.2) is 5.82 Å². The van der Waals surface area contributed by atoms with Crippen LogP contribution in [0, 0.1) is 5.82 Å². The number of halogens is 1. The molecule has 2 fully saturated rings. The van der Waals surface area contributed by atoms with Gasteiger partial charge in [0.2, 0.25) is 0 Å². The molecular formula is C27H30FN7O. The van der Waals surface area contributed by atoms with Gasteiger partial charge in [0, 0.05) is 56.1 Å². The van der Waals surface area contributed by atoms with Crippen LogP contribution in [0.1, 0.15) is 24.3 Å². The molecule has 2 aliphatic rings. The molecule has 0 radical (unpaired) electrons. The fourth-order valence-corrected chi connectivity index (χ4v) is 5.55. The maximum Gasteiger partial charge on any atom is 0.317 e. The average Bonchev–Trinajstić information content (AvgIpc) is 3.61. The van der Waals surface area contributed by atoms with Crippen molar-refractivity contribution >= 4 is 16.9 Å². The Morgan fingerprint density at radius 2 is 1.86 bits per heavy atom. The molecule has 36 heavy (non-hydrogen) atoms. The maximum absolute atomic E-state index is 13.6. The van der Waals surface area contributed by atoms with Crippen molar-refractivity contribution in [1.29, 1.82) is 0 Å². The standard InChI is InChI=1S/C27H30FN7O/c1-32-26(30-18-31-32)20-2-7-25-23(16-20)24(17-35(25)22-5-3-21(28)4-6-22)19-8-11-33(12-9-19)14-15-34-13-10-29-27(34)36/h2-7,16-19H,8-15H2,1H3,(H,29,36). The Kier molecular flexibility index (Phi) is 5.92. The van der Waals surface area contributed by atoms with E-state index in [0.717, 1.165) is 74.7 Å². The van der Waals surface area contributed by atoms with Crippen molar-refractivity contribution in [3.63, 3.8) is 0 Å². The molecule has 4 heterocycles. The van der Waals surface area contributed by atoms with Gasteiger partial charge < -0.3 is 19.7 Å². The number of hydrogen-bond donors (Lipinski definition) is 1. The number of piperidine rings is 1. The van der Waals surface area contributed by atoms with Crippen LogP contribution in [0.25, 0.3) is 28.0 Å². The van der Waals surface area contributed by atoms with E-state index in [9.17, 15) is 9.18 Å². The van der Waals surface area contributed by atoms with Crippen LogP contribution in [0.15, 0.2) is 55.0 Å². The normalized spacial score (nSPS) is 17.3. The number of aromatic nitrogens is 4. The van der Waals surface area contributed by atoms with E-state index in [0.29, 0.717) is 5.92 Å². The second-order valence-electron chi connectivity index (χ2n) is 9.70. The first-order valence-corrected chi connectivity index (χ1v) is 12.6. The molecule has 2 aromatic carbocycles. The van der Waals surface area contributed by atoms with E-state index in [1.165, 1.54) is 23.1 Å². The molecule has 9 heteroatoms.